The van der Waals surface area contributed by atoms with Crippen molar-refractivity contribution >= 4 is 99.3 Å². The molecule has 2 aliphatic rings. The van der Waals surface area contributed by atoms with Gasteiger partial charge < -0.3 is 15.5 Å². The maximum absolute atomic E-state index is 13.0. The molecule has 2 aliphatic heterocycles. The van der Waals surface area contributed by atoms with Crippen molar-refractivity contribution in [2.24, 2.45) is 0 Å². The molecule has 17 heteroatoms. The maximum Gasteiger partial charge on any atom is 0.352 e. The molecule has 4 heterocycles. The number of halogens is 2. The lowest BCUT2D eigenvalue weighted by molar-refractivity contribution is -0.150. The monoisotopic (exact) mass is 678 g/mol. The second-order valence-corrected chi connectivity index (χ2v) is 12.9. The Morgan fingerprint density at radius 1 is 1.16 bits per heavy atom. The average molecular weight is 680 g/mol. The summed E-state index contributed by atoms with van der Waals surface area (Å²) < 4.78 is 0. The van der Waals surface area contributed by atoms with Gasteiger partial charge >= 0.3 is 11.9 Å². The quantitative estimate of drug-likeness (QED) is 0.0995. The summed E-state index contributed by atoms with van der Waals surface area (Å²) in [6.45, 7) is 0. The number of aromatic nitrogens is 4. The van der Waals surface area contributed by atoms with E-state index in [1.54, 1.807) is 12.3 Å². The van der Waals surface area contributed by atoms with E-state index in [4.69, 9.17) is 28.3 Å². The van der Waals surface area contributed by atoms with Crippen LogP contribution < -0.4 is 5.32 Å². The number of nitrogens with one attached hydrogen (secondary N) is 2. The van der Waals surface area contributed by atoms with Crippen LogP contribution in [0.2, 0.25) is 10.0 Å². The largest absolute Gasteiger partial charge is 0.478 e. The zero-order valence-electron chi connectivity index (χ0n) is 21.7. The fourth-order valence-electron chi connectivity index (χ4n) is 4.25. The number of hydrogen-bond donors (Lipinski definition) is 4. The number of β-lactam (4-membered cyclic amide) rings is 1. The zero-order chi connectivity index (χ0) is 30.7. The van der Waals surface area contributed by atoms with Crippen molar-refractivity contribution in [3.8, 4) is 0 Å². The van der Waals surface area contributed by atoms with Crippen molar-refractivity contribution in [2.45, 2.75) is 21.3 Å². The number of benzene rings is 1. The van der Waals surface area contributed by atoms with E-state index in [0.717, 1.165) is 28.3 Å². The second kappa shape index (κ2) is 13.4. The van der Waals surface area contributed by atoms with Gasteiger partial charge in [-0.15, -0.1) is 35.3 Å². The third-order valence-electron chi connectivity index (χ3n) is 6.18. The smallest absolute Gasteiger partial charge is 0.352 e. The number of carbonyl (C=O) groups excluding carboxylic acids is 2. The van der Waals surface area contributed by atoms with Gasteiger partial charge in [-0.1, -0.05) is 35.4 Å². The number of amides is 2. The molecule has 222 valence electrons. The van der Waals surface area contributed by atoms with Crippen molar-refractivity contribution < 1.29 is 29.4 Å². The Bertz CT molecular complexity index is 1730. The van der Waals surface area contributed by atoms with Crippen LogP contribution in [0.1, 0.15) is 5.56 Å². The standard InChI is InChI=1S/C26H20Cl2N6O6S3/c27-15-7-17(16(28)6-12(15)3-4-19(36)37)42-10-18(35)32-20-24(38)34-21(26(39)40)13(9-43-25(20)34)2-1-5-41-23-14-8-31-33-22(14)29-11-30-23/h1-4,6-8,11,20,25H,5,9-10H2,(H,32,35)(H,36,37)(H,39,40)(H,29,30,31,33)/b2-1+,4-3+/t20-,25-/m1/s1. The topological polar surface area (TPSA) is 178 Å². The minimum Gasteiger partial charge on any atom is -0.478 e. The summed E-state index contributed by atoms with van der Waals surface area (Å²) in [5.41, 5.74) is 1.42. The number of aliphatic carboxylic acids is 2. The van der Waals surface area contributed by atoms with Crippen LogP contribution in [0.3, 0.4) is 0 Å². The lowest BCUT2D eigenvalue weighted by Gasteiger charge is -2.49. The Balaban J connectivity index is 1.18. The highest BCUT2D eigenvalue weighted by Crippen LogP contribution is 2.41. The molecule has 0 aliphatic carbocycles. The number of carboxylic acid groups (broad SMARTS) is 2. The van der Waals surface area contributed by atoms with Crippen LogP contribution in [0, 0.1) is 0 Å². The predicted molar refractivity (Wildman–Crippen MR) is 165 cm³/mol. The normalized spacial score (nSPS) is 18.4. The number of rotatable bonds is 11. The summed E-state index contributed by atoms with van der Waals surface area (Å²) in [7, 11) is 0. The number of H-pyrrole nitrogens is 1. The van der Waals surface area contributed by atoms with Gasteiger partial charge in [0.15, 0.2) is 5.65 Å². The molecule has 0 unspecified atom stereocenters. The van der Waals surface area contributed by atoms with E-state index in [9.17, 15) is 24.3 Å². The number of nitrogens with zero attached hydrogens (tertiary/aromatic N) is 4. The average Bonchev–Trinajstić information content (AvgIpc) is 3.46. The SMILES string of the molecule is O=C(O)/C=C/c1cc(Cl)c(SCC(=O)N[C@@H]2C(=O)N3C(C(=O)O)=C(/C=C/CSc4ncnc5[nH]ncc45)CS[C@H]23)cc1Cl. The lowest BCUT2D eigenvalue weighted by atomic mass is 10.0. The summed E-state index contributed by atoms with van der Waals surface area (Å²) >= 11 is 16.4. The first kappa shape index (κ1) is 30.9. The molecule has 43 heavy (non-hydrogen) atoms. The molecule has 0 saturated carbocycles. The molecular formula is C26H20Cl2N6O6S3. The molecule has 2 amide bonds. The van der Waals surface area contributed by atoms with Gasteiger partial charge in [0, 0.05) is 27.5 Å². The highest BCUT2D eigenvalue weighted by molar-refractivity contribution is 8.00. The van der Waals surface area contributed by atoms with Crippen LogP contribution >= 0.6 is 58.5 Å². The van der Waals surface area contributed by atoms with E-state index < -0.39 is 35.2 Å². The highest BCUT2D eigenvalue weighted by Gasteiger charge is 2.53. The Hall–Kier alpha value is -3.50. The molecule has 1 fully saturated rings. The number of fused-ring (bicyclic) bond motifs is 2. The van der Waals surface area contributed by atoms with Gasteiger partial charge in [-0.2, -0.15) is 5.10 Å². The molecule has 0 spiro atoms. The fraction of sp³-hybridized carbons (Fsp3) is 0.192. The minimum atomic E-state index is -1.23. The molecule has 4 N–H and O–H groups in total. The van der Waals surface area contributed by atoms with Gasteiger partial charge in [0.05, 0.1) is 22.4 Å². The van der Waals surface area contributed by atoms with Crippen LogP contribution in [0.25, 0.3) is 17.1 Å². The van der Waals surface area contributed by atoms with E-state index in [-0.39, 0.29) is 21.5 Å². The van der Waals surface area contributed by atoms with Crippen LogP contribution in [-0.4, -0.2) is 87.7 Å². The van der Waals surface area contributed by atoms with Crippen molar-refractivity contribution in [2.75, 3.05) is 17.3 Å². The molecule has 12 nitrogen and oxygen atoms in total. The first-order valence-corrected chi connectivity index (χ1v) is 16.1. The third kappa shape index (κ3) is 6.86. The molecule has 1 saturated heterocycles. The van der Waals surface area contributed by atoms with Gasteiger partial charge in [-0.25, -0.2) is 19.6 Å². The van der Waals surface area contributed by atoms with Crippen LogP contribution in [0.4, 0.5) is 0 Å². The van der Waals surface area contributed by atoms with E-state index >= 15 is 0 Å². The molecule has 2 atom stereocenters. The molecule has 5 rings (SSSR count). The van der Waals surface area contributed by atoms with Gasteiger partial charge in [-0.3, -0.25) is 19.6 Å². The summed E-state index contributed by atoms with van der Waals surface area (Å²) in [4.78, 5) is 58.6. The number of aromatic amines is 1. The lowest BCUT2D eigenvalue weighted by Crippen LogP contribution is -2.70. The second-order valence-electron chi connectivity index (χ2n) is 8.92. The van der Waals surface area contributed by atoms with Crippen molar-refractivity contribution in [1.82, 2.24) is 30.4 Å². The number of thioether (sulfide) groups is 3. The van der Waals surface area contributed by atoms with Crippen LogP contribution in [0.15, 0.2) is 64.1 Å². The van der Waals surface area contributed by atoms with E-state index in [1.165, 1.54) is 53.0 Å². The van der Waals surface area contributed by atoms with E-state index in [1.807, 2.05) is 6.08 Å². The fourth-order valence-corrected chi connectivity index (χ4v) is 7.74. The number of carboxylic acids is 2. The van der Waals surface area contributed by atoms with E-state index in [2.05, 4.69) is 25.5 Å². The highest BCUT2D eigenvalue weighted by atomic mass is 35.5. The van der Waals surface area contributed by atoms with Crippen molar-refractivity contribution in [1.29, 1.82) is 0 Å². The van der Waals surface area contributed by atoms with Crippen molar-refractivity contribution in [3.63, 3.8) is 0 Å². The van der Waals surface area contributed by atoms with E-state index in [0.29, 0.717) is 33.2 Å². The molecule has 0 bridgehead atoms. The van der Waals surface area contributed by atoms with Crippen molar-refractivity contribution in [3.05, 3.63) is 69.8 Å². The van der Waals surface area contributed by atoms with Gasteiger partial charge in [0.2, 0.25) is 5.91 Å². The number of carbonyl (C=O) groups is 4. The predicted octanol–water partition coefficient (Wildman–Crippen LogP) is 3.94. The molecule has 3 aromatic rings. The summed E-state index contributed by atoms with van der Waals surface area (Å²) in [5, 5.41) is 29.7. The Morgan fingerprint density at radius 2 is 1.98 bits per heavy atom. The van der Waals surface area contributed by atoms with Gasteiger partial charge in [0.25, 0.3) is 5.91 Å². The summed E-state index contributed by atoms with van der Waals surface area (Å²) in [6, 6.07) is 2.15. The summed E-state index contributed by atoms with van der Waals surface area (Å²) in [6.07, 6.45) is 8.83. The van der Waals surface area contributed by atoms with Gasteiger partial charge in [-0.05, 0) is 29.3 Å². The van der Waals surface area contributed by atoms with Crippen LogP contribution in [-0.2, 0) is 19.2 Å². The minimum absolute atomic E-state index is 0.0771. The Kier molecular flexibility index (Phi) is 9.66. The molecular weight excluding hydrogens is 659 g/mol. The Morgan fingerprint density at radius 3 is 2.74 bits per heavy atom. The molecule has 2 aromatic heterocycles. The Labute approximate surface area is 266 Å². The third-order valence-corrected chi connectivity index (χ3v) is 10.2. The van der Waals surface area contributed by atoms with Crippen LogP contribution in [0.5, 0.6) is 0 Å². The van der Waals surface area contributed by atoms with Gasteiger partial charge in [0.1, 0.15) is 28.5 Å². The zero-order valence-corrected chi connectivity index (χ0v) is 25.7. The maximum atomic E-state index is 13.0. The first-order chi connectivity index (χ1) is 20.6. The molecule has 1 aromatic carbocycles. The first-order valence-electron chi connectivity index (χ1n) is 12.3. The molecule has 0 radical (unpaired) electrons. The number of allylic oxidation sites excluding steroid dienone is 1. The summed E-state index contributed by atoms with van der Waals surface area (Å²) in [5.74, 6) is -2.54. The number of hydrogen-bond acceptors (Lipinski definition) is 10.